The number of benzene rings is 1. The molecule has 0 amide bonds. The maximum atomic E-state index is 12.4. The molecule has 1 unspecified atom stereocenters. The van der Waals surface area contributed by atoms with E-state index in [1.165, 1.54) is 6.20 Å². The van der Waals surface area contributed by atoms with Crippen molar-refractivity contribution in [2.24, 2.45) is 10.7 Å². The maximum absolute atomic E-state index is 12.4. The second-order valence-electron chi connectivity index (χ2n) is 5.98. The van der Waals surface area contributed by atoms with Gasteiger partial charge in [-0.05, 0) is 36.6 Å². The van der Waals surface area contributed by atoms with Crippen molar-refractivity contribution in [2.75, 3.05) is 5.75 Å². The number of halogens is 1. The van der Waals surface area contributed by atoms with Crippen molar-refractivity contribution in [2.45, 2.75) is 25.3 Å². The number of Topliss-reactive ketones (excluding diaryl/α,β-unsaturated/α-hetero) is 1. The van der Waals surface area contributed by atoms with Crippen LogP contribution in [0.3, 0.4) is 0 Å². The summed E-state index contributed by atoms with van der Waals surface area (Å²) in [5.74, 6) is 0.917. The number of aliphatic imine (C=N–C) groups is 1. The molecule has 0 saturated heterocycles. The van der Waals surface area contributed by atoms with E-state index in [4.69, 9.17) is 17.3 Å². The summed E-state index contributed by atoms with van der Waals surface area (Å²) in [6, 6.07) is 11.3. The number of pyridine rings is 1. The number of hydrogen-bond donors (Lipinski definition) is 1. The second kappa shape index (κ2) is 6.95. The van der Waals surface area contributed by atoms with E-state index in [2.05, 4.69) is 16.9 Å². The highest BCUT2D eigenvalue weighted by molar-refractivity contribution is 8.13. The van der Waals surface area contributed by atoms with Crippen LogP contribution >= 0.6 is 23.4 Å². The number of hydrogen-bond acceptors (Lipinski definition) is 5. The largest absolute Gasteiger partial charge is 0.379 e. The highest BCUT2D eigenvalue weighted by Crippen LogP contribution is 2.35. The Labute approximate surface area is 150 Å². The van der Waals surface area contributed by atoms with Gasteiger partial charge in [-0.25, -0.2) is 0 Å². The van der Waals surface area contributed by atoms with Gasteiger partial charge in [-0.3, -0.25) is 14.8 Å². The van der Waals surface area contributed by atoms with Crippen LogP contribution in [-0.4, -0.2) is 21.7 Å². The Morgan fingerprint density at radius 2 is 2.21 bits per heavy atom. The molecule has 6 heteroatoms. The van der Waals surface area contributed by atoms with Crippen molar-refractivity contribution in [1.29, 1.82) is 0 Å². The molecule has 0 bridgehead atoms. The molecule has 1 aliphatic rings. The van der Waals surface area contributed by atoms with E-state index in [1.807, 2.05) is 24.3 Å². The normalized spacial score (nSPS) is 20.5. The van der Waals surface area contributed by atoms with Crippen LogP contribution < -0.4 is 5.73 Å². The van der Waals surface area contributed by atoms with E-state index in [1.54, 1.807) is 23.9 Å². The van der Waals surface area contributed by atoms with Crippen LogP contribution in [-0.2, 0) is 12.0 Å². The van der Waals surface area contributed by atoms with Crippen molar-refractivity contribution in [3.63, 3.8) is 0 Å². The zero-order valence-electron chi connectivity index (χ0n) is 13.3. The zero-order valence-corrected chi connectivity index (χ0v) is 14.9. The quantitative estimate of drug-likeness (QED) is 0.842. The molecule has 2 N–H and O–H groups in total. The molecule has 0 saturated carbocycles. The number of carbonyl (C=O) groups excluding carboxylic acids is 1. The van der Waals surface area contributed by atoms with Gasteiger partial charge in [0.05, 0.1) is 10.6 Å². The monoisotopic (exact) mass is 359 g/mol. The summed E-state index contributed by atoms with van der Waals surface area (Å²) in [5, 5.41) is 1.14. The third-order valence-corrected chi connectivity index (χ3v) is 5.14. The number of thioether (sulfide) groups is 1. The Hall–Kier alpha value is -1.85. The summed E-state index contributed by atoms with van der Waals surface area (Å²) in [7, 11) is 0. The standard InChI is InChI=1S/C18H18ClN3OS/c1-18(7-8-24-17(20)22-18)13-4-2-3-12(9-13)10-16(23)15-6-5-14(19)11-21-15/h2-6,9,11H,7-8,10H2,1H3,(H2,20,22). The predicted molar refractivity (Wildman–Crippen MR) is 99.8 cm³/mol. The van der Waals surface area contributed by atoms with Crippen molar-refractivity contribution >= 4 is 34.3 Å². The van der Waals surface area contributed by atoms with E-state index in [0.717, 1.165) is 23.3 Å². The molecule has 2 aromatic rings. The molecular formula is C18H18ClN3OS. The number of ketones is 1. The third kappa shape index (κ3) is 3.79. The van der Waals surface area contributed by atoms with Gasteiger partial charge in [0, 0.05) is 18.4 Å². The van der Waals surface area contributed by atoms with Crippen LogP contribution in [0.4, 0.5) is 0 Å². The van der Waals surface area contributed by atoms with Crippen LogP contribution in [0.5, 0.6) is 0 Å². The maximum Gasteiger partial charge on any atom is 0.185 e. The van der Waals surface area contributed by atoms with Gasteiger partial charge in [-0.1, -0.05) is 47.6 Å². The number of aromatic nitrogens is 1. The van der Waals surface area contributed by atoms with E-state index in [0.29, 0.717) is 22.3 Å². The third-order valence-electron chi connectivity index (χ3n) is 4.12. The summed E-state index contributed by atoms with van der Waals surface area (Å²) in [5.41, 5.74) is 8.02. The highest BCUT2D eigenvalue weighted by atomic mass is 35.5. The van der Waals surface area contributed by atoms with Gasteiger partial charge < -0.3 is 5.73 Å². The molecule has 0 fully saturated rings. The van der Waals surface area contributed by atoms with Crippen LogP contribution in [0.25, 0.3) is 0 Å². The van der Waals surface area contributed by atoms with Gasteiger partial charge in [0.25, 0.3) is 0 Å². The summed E-state index contributed by atoms with van der Waals surface area (Å²) in [4.78, 5) is 21.1. The molecule has 24 heavy (non-hydrogen) atoms. The molecule has 1 aliphatic heterocycles. The lowest BCUT2D eigenvalue weighted by atomic mass is 9.88. The predicted octanol–water partition coefficient (Wildman–Crippen LogP) is 3.83. The van der Waals surface area contributed by atoms with Crippen molar-refractivity contribution in [1.82, 2.24) is 4.98 Å². The number of rotatable bonds is 4. The first kappa shape index (κ1) is 17.0. The average Bonchev–Trinajstić information content (AvgIpc) is 2.55. The molecule has 4 nitrogen and oxygen atoms in total. The van der Waals surface area contributed by atoms with Crippen molar-refractivity contribution < 1.29 is 4.79 Å². The summed E-state index contributed by atoms with van der Waals surface area (Å²) < 4.78 is 0. The van der Waals surface area contributed by atoms with Crippen LogP contribution in [0.15, 0.2) is 47.6 Å². The fraction of sp³-hybridized carbons (Fsp3) is 0.278. The first-order valence-corrected chi connectivity index (χ1v) is 9.05. The Balaban J connectivity index is 1.82. The molecule has 3 rings (SSSR count). The molecule has 0 radical (unpaired) electrons. The van der Waals surface area contributed by atoms with Gasteiger partial charge in [0.2, 0.25) is 0 Å². The van der Waals surface area contributed by atoms with Gasteiger partial charge >= 0.3 is 0 Å². The first-order chi connectivity index (χ1) is 11.5. The molecule has 124 valence electrons. The van der Waals surface area contributed by atoms with Gasteiger partial charge in [0.15, 0.2) is 11.0 Å². The fourth-order valence-electron chi connectivity index (χ4n) is 2.73. The molecule has 1 atom stereocenters. The summed E-state index contributed by atoms with van der Waals surface area (Å²) in [6.07, 6.45) is 2.71. The minimum Gasteiger partial charge on any atom is -0.379 e. The number of carbonyl (C=O) groups is 1. The lowest BCUT2D eigenvalue weighted by Crippen LogP contribution is -2.28. The van der Waals surface area contributed by atoms with E-state index in [9.17, 15) is 4.79 Å². The molecule has 0 spiro atoms. The average molecular weight is 360 g/mol. The molecule has 1 aromatic heterocycles. The Kier molecular flexibility index (Phi) is 4.92. The van der Waals surface area contributed by atoms with Crippen LogP contribution in [0.2, 0.25) is 5.02 Å². The topological polar surface area (TPSA) is 68.3 Å². The Morgan fingerprint density at radius 3 is 2.92 bits per heavy atom. The van der Waals surface area contributed by atoms with E-state index in [-0.39, 0.29) is 11.3 Å². The lowest BCUT2D eigenvalue weighted by Gasteiger charge is -2.30. The highest BCUT2D eigenvalue weighted by Gasteiger charge is 2.29. The smallest absolute Gasteiger partial charge is 0.185 e. The lowest BCUT2D eigenvalue weighted by molar-refractivity contribution is 0.0988. The minimum absolute atomic E-state index is 0.0313. The minimum atomic E-state index is -0.326. The Morgan fingerprint density at radius 1 is 1.38 bits per heavy atom. The van der Waals surface area contributed by atoms with Crippen molar-refractivity contribution in [3.8, 4) is 0 Å². The number of amidine groups is 1. The first-order valence-electron chi connectivity index (χ1n) is 7.68. The van der Waals surface area contributed by atoms with Gasteiger partial charge in [-0.15, -0.1) is 0 Å². The fourth-order valence-corrected chi connectivity index (χ4v) is 3.81. The SMILES string of the molecule is CC1(c2cccc(CC(=O)c3ccc(Cl)cn3)c2)CCSC(N)=N1. The number of nitrogens with zero attached hydrogens (tertiary/aromatic N) is 2. The molecule has 1 aromatic carbocycles. The summed E-state index contributed by atoms with van der Waals surface area (Å²) >= 11 is 7.40. The van der Waals surface area contributed by atoms with E-state index >= 15 is 0 Å². The van der Waals surface area contributed by atoms with Gasteiger partial charge in [0.1, 0.15) is 5.69 Å². The second-order valence-corrected chi connectivity index (χ2v) is 7.54. The zero-order chi connectivity index (χ0) is 17.2. The molecule has 2 heterocycles. The van der Waals surface area contributed by atoms with Crippen LogP contribution in [0, 0.1) is 0 Å². The van der Waals surface area contributed by atoms with Gasteiger partial charge in [-0.2, -0.15) is 0 Å². The number of nitrogens with two attached hydrogens (primary N) is 1. The van der Waals surface area contributed by atoms with Crippen molar-refractivity contribution in [3.05, 3.63) is 64.4 Å². The Bertz CT molecular complexity index is 791. The molecular weight excluding hydrogens is 342 g/mol. The van der Waals surface area contributed by atoms with E-state index < -0.39 is 0 Å². The molecule has 0 aliphatic carbocycles. The van der Waals surface area contributed by atoms with Crippen LogP contribution in [0.1, 0.15) is 35.0 Å². The summed E-state index contributed by atoms with van der Waals surface area (Å²) in [6.45, 7) is 2.08.